The van der Waals surface area contributed by atoms with E-state index in [2.05, 4.69) is 20.9 Å². The standard InChI is InChI=1S/C20H26N4O3S/c1-27-17-9-5-2-6-14(17)10-11-21-18(25)12-16-13-28-20(23-16)24-19(26)22-15-7-3-4-8-15/h2,5-6,9,13,15H,3-4,7-8,10-12H2,1H3,(H,21,25)(H2,22,23,24,26). The molecule has 1 saturated carbocycles. The summed E-state index contributed by atoms with van der Waals surface area (Å²) in [7, 11) is 1.64. The normalized spacial score (nSPS) is 13.9. The van der Waals surface area contributed by atoms with E-state index in [1.807, 2.05) is 24.3 Å². The van der Waals surface area contributed by atoms with Crippen LogP contribution in [0.3, 0.4) is 0 Å². The van der Waals surface area contributed by atoms with Crippen molar-refractivity contribution in [3.63, 3.8) is 0 Å². The smallest absolute Gasteiger partial charge is 0.321 e. The van der Waals surface area contributed by atoms with Gasteiger partial charge in [-0.25, -0.2) is 9.78 Å². The summed E-state index contributed by atoms with van der Waals surface area (Å²) >= 11 is 1.32. The summed E-state index contributed by atoms with van der Waals surface area (Å²) in [5.41, 5.74) is 1.70. The minimum Gasteiger partial charge on any atom is -0.496 e. The number of para-hydroxylation sites is 1. The van der Waals surface area contributed by atoms with Crippen molar-refractivity contribution in [2.75, 3.05) is 19.0 Å². The Bertz CT molecular complexity index is 802. The molecular formula is C20H26N4O3S. The lowest BCUT2D eigenvalue weighted by Gasteiger charge is -2.11. The van der Waals surface area contributed by atoms with Gasteiger partial charge in [-0.3, -0.25) is 10.1 Å². The van der Waals surface area contributed by atoms with Crippen molar-refractivity contribution in [1.29, 1.82) is 0 Å². The predicted octanol–water partition coefficient (Wildman–Crippen LogP) is 3.12. The number of rotatable bonds is 8. The fourth-order valence-electron chi connectivity index (χ4n) is 3.31. The van der Waals surface area contributed by atoms with E-state index in [-0.39, 0.29) is 24.4 Å². The van der Waals surface area contributed by atoms with E-state index in [0.717, 1.165) is 24.2 Å². The zero-order valence-corrected chi connectivity index (χ0v) is 16.8. The summed E-state index contributed by atoms with van der Waals surface area (Å²) in [6.45, 7) is 0.526. The monoisotopic (exact) mass is 402 g/mol. The molecule has 3 rings (SSSR count). The van der Waals surface area contributed by atoms with Gasteiger partial charge in [-0.2, -0.15) is 0 Å². The Labute approximate surface area is 168 Å². The number of hydrogen-bond donors (Lipinski definition) is 3. The average molecular weight is 403 g/mol. The van der Waals surface area contributed by atoms with E-state index in [0.29, 0.717) is 23.8 Å². The van der Waals surface area contributed by atoms with Crippen LogP contribution in [0.1, 0.15) is 36.9 Å². The number of benzene rings is 1. The topological polar surface area (TPSA) is 92.4 Å². The molecule has 1 aliphatic carbocycles. The minimum absolute atomic E-state index is 0.0952. The number of nitrogens with zero attached hydrogens (tertiary/aromatic N) is 1. The number of amides is 3. The van der Waals surface area contributed by atoms with E-state index < -0.39 is 0 Å². The van der Waals surface area contributed by atoms with Crippen molar-refractivity contribution in [2.45, 2.75) is 44.6 Å². The van der Waals surface area contributed by atoms with Crippen molar-refractivity contribution in [2.24, 2.45) is 0 Å². The molecular weight excluding hydrogens is 376 g/mol. The van der Waals surface area contributed by atoms with Gasteiger partial charge in [-0.15, -0.1) is 11.3 Å². The number of nitrogens with one attached hydrogen (secondary N) is 3. The maximum absolute atomic E-state index is 12.1. The zero-order chi connectivity index (χ0) is 19.8. The van der Waals surface area contributed by atoms with Crippen LogP contribution >= 0.6 is 11.3 Å². The molecule has 0 bridgehead atoms. The molecule has 0 unspecified atom stereocenters. The van der Waals surface area contributed by atoms with Crippen molar-refractivity contribution < 1.29 is 14.3 Å². The van der Waals surface area contributed by atoms with Crippen molar-refractivity contribution >= 4 is 28.4 Å². The Balaban J connectivity index is 1.40. The molecule has 1 aliphatic rings. The molecule has 0 saturated heterocycles. The maximum atomic E-state index is 12.1. The highest BCUT2D eigenvalue weighted by atomic mass is 32.1. The molecule has 7 nitrogen and oxygen atoms in total. The number of anilines is 1. The summed E-state index contributed by atoms with van der Waals surface area (Å²) in [5, 5.41) is 10.9. The van der Waals surface area contributed by atoms with Gasteiger partial charge < -0.3 is 15.4 Å². The molecule has 28 heavy (non-hydrogen) atoms. The highest BCUT2D eigenvalue weighted by molar-refractivity contribution is 7.13. The molecule has 0 aliphatic heterocycles. The van der Waals surface area contributed by atoms with Gasteiger partial charge in [-0.05, 0) is 30.9 Å². The summed E-state index contributed by atoms with van der Waals surface area (Å²) in [4.78, 5) is 28.4. The van der Waals surface area contributed by atoms with Gasteiger partial charge in [0.1, 0.15) is 5.75 Å². The van der Waals surface area contributed by atoms with Gasteiger partial charge in [0.25, 0.3) is 0 Å². The van der Waals surface area contributed by atoms with Crippen LogP contribution in [0.5, 0.6) is 5.75 Å². The van der Waals surface area contributed by atoms with Crippen molar-refractivity contribution in [1.82, 2.24) is 15.6 Å². The van der Waals surface area contributed by atoms with E-state index in [4.69, 9.17) is 4.74 Å². The molecule has 0 atom stereocenters. The van der Waals surface area contributed by atoms with Gasteiger partial charge in [0.15, 0.2) is 5.13 Å². The van der Waals surface area contributed by atoms with E-state index in [1.54, 1.807) is 12.5 Å². The number of aromatic nitrogens is 1. The fraction of sp³-hybridized carbons (Fsp3) is 0.450. The minimum atomic E-state index is -0.228. The highest BCUT2D eigenvalue weighted by Gasteiger charge is 2.17. The largest absolute Gasteiger partial charge is 0.496 e. The predicted molar refractivity (Wildman–Crippen MR) is 110 cm³/mol. The Morgan fingerprint density at radius 1 is 1.25 bits per heavy atom. The first-order chi connectivity index (χ1) is 13.6. The number of urea groups is 1. The number of carbonyl (C=O) groups excluding carboxylic acids is 2. The maximum Gasteiger partial charge on any atom is 0.321 e. The van der Waals surface area contributed by atoms with Crippen LogP contribution in [0.15, 0.2) is 29.6 Å². The number of methoxy groups -OCH3 is 1. The second-order valence-electron chi connectivity index (χ2n) is 6.81. The number of carbonyl (C=O) groups is 2. The molecule has 2 aromatic rings. The summed E-state index contributed by atoms with van der Waals surface area (Å²) in [6.07, 6.45) is 5.28. The average Bonchev–Trinajstić information content (AvgIpc) is 3.34. The van der Waals surface area contributed by atoms with Crippen LogP contribution in [0.2, 0.25) is 0 Å². The zero-order valence-electron chi connectivity index (χ0n) is 16.0. The van der Waals surface area contributed by atoms with E-state index in [9.17, 15) is 9.59 Å². The van der Waals surface area contributed by atoms with Crippen LogP contribution in [0.4, 0.5) is 9.93 Å². The van der Waals surface area contributed by atoms with Crippen LogP contribution in [0.25, 0.3) is 0 Å². The van der Waals surface area contributed by atoms with Crippen molar-refractivity contribution in [3.8, 4) is 5.75 Å². The van der Waals surface area contributed by atoms with Gasteiger partial charge in [0.2, 0.25) is 5.91 Å². The molecule has 3 N–H and O–H groups in total. The molecule has 1 fully saturated rings. The Morgan fingerprint density at radius 3 is 2.82 bits per heavy atom. The molecule has 150 valence electrons. The Hall–Kier alpha value is -2.61. The van der Waals surface area contributed by atoms with Gasteiger partial charge in [0.05, 0.1) is 19.2 Å². The quantitative estimate of drug-likeness (QED) is 0.633. The van der Waals surface area contributed by atoms with Crippen LogP contribution in [-0.4, -0.2) is 36.6 Å². The molecule has 1 heterocycles. The van der Waals surface area contributed by atoms with Crippen LogP contribution in [0, 0.1) is 0 Å². The second-order valence-corrected chi connectivity index (χ2v) is 7.67. The van der Waals surface area contributed by atoms with Gasteiger partial charge in [-0.1, -0.05) is 31.0 Å². The van der Waals surface area contributed by atoms with E-state index in [1.165, 1.54) is 24.2 Å². The number of ether oxygens (including phenoxy) is 1. The van der Waals surface area contributed by atoms with Crippen molar-refractivity contribution in [3.05, 3.63) is 40.9 Å². The summed E-state index contributed by atoms with van der Waals surface area (Å²) in [5.74, 6) is 0.727. The molecule has 0 spiro atoms. The Morgan fingerprint density at radius 2 is 2.04 bits per heavy atom. The first kappa shape index (κ1) is 20.1. The first-order valence-corrected chi connectivity index (χ1v) is 10.4. The third kappa shape index (κ3) is 5.95. The lowest BCUT2D eigenvalue weighted by atomic mass is 10.1. The lowest BCUT2D eigenvalue weighted by molar-refractivity contribution is -0.120. The molecule has 1 aromatic carbocycles. The van der Waals surface area contributed by atoms with Crippen LogP contribution in [-0.2, 0) is 17.6 Å². The third-order valence-corrected chi connectivity index (χ3v) is 5.52. The van der Waals surface area contributed by atoms with Crippen LogP contribution < -0.4 is 20.7 Å². The number of thiazole rings is 1. The lowest BCUT2D eigenvalue weighted by Crippen LogP contribution is -2.36. The third-order valence-electron chi connectivity index (χ3n) is 4.71. The second kappa shape index (κ2) is 10.1. The Kier molecular flexibility index (Phi) is 7.25. The molecule has 3 amide bonds. The molecule has 0 radical (unpaired) electrons. The summed E-state index contributed by atoms with van der Waals surface area (Å²) in [6, 6.07) is 7.79. The highest BCUT2D eigenvalue weighted by Crippen LogP contribution is 2.19. The number of hydrogen-bond acceptors (Lipinski definition) is 5. The van der Waals surface area contributed by atoms with Gasteiger partial charge in [0, 0.05) is 18.0 Å². The summed E-state index contributed by atoms with van der Waals surface area (Å²) < 4.78 is 5.31. The SMILES string of the molecule is COc1ccccc1CCNC(=O)Cc1csc(NC(=O)NC2CCCC2)n1. The van der Waals surface area contributed by atoms with E-state index >= 15 is 0 Å². The first-order valence-electron chi connectivity index (χ1n) is 9.54. The molecule has 8 heteroatoms. The molecule has 1 aromatic heterocycles. The fourth-order valence-corrected chi connectivity index (χ4v) is 4.01. The van der Waals surface area contributed by atoms with Gasteiger partial charge >= 0.3 is 6.03 Å².